The van der Waals surface area contributed by atoms with Crippen molar-refractivity contribution in [1.82, 2.24) is 4.90 Å². The molecule has 0 radical (unpaired) electrons. The first-order valence-corrected chi connectivity index (χ1v) is 11.6. The molecule has 1 heterocycles. The molecule has 0 aromatic heterocycles. The average molecular weight is 558 g/mol. The quantitative estimate of drug-likeness (QED) is 0.183. The zero-order chi connectivity index (χ0) is 27.8. The van der Waals surface area contributed by atoms with Crippen molar-refractivity contribution in [2.45, 2.75) is 31.0 Å². The summed E-state index contributed by atoms with van der Waals surface area (Å²) in [4.78, 5) is 36.6. The number of fused-ring (bicyclic) bond motifs is 1. The van der Waals surface area contributed by atoms with Crippen LogP contribution in [-0.2, 0) is 19.2 Å². The summed E-state index contributed by atoms with van der Waals surface area (Å²) in [5.74, 6) is -3.14. The number of ether oxygens (including phenoxy) is 2. The van der Waals surface area contributed by atoms with Gasteiger partial charge < -0.3 is 19.2 Å². The number of alkyl halides is 3. The van der Waals surface area contributed by atoms with Crippen LogP contribution >= 0.6 is 10.2 Å². The highest BCUT2D eigenvalue weighted by molar-refractivity contribution is 8.45. The number of esters is 1. The van der Waals surface area contributed by atoms with Crippen LogP contribution in [0.2, 0.25) is 0 Å². The van der Waals surface area contributed by atoms with Crippen LogP contribution in [0.5, 0.6) is 5.75 Å². The van der Waals surface area contributed by atoms with Crippen molar-refractivity contribution in [3.8, 4) is 5.75 Å². The van der Waals surface area contributed by atoms with Gasteiger partial charge in [-0.1, -0.05) is 19.4 Å². The molecule has 1 aliphatic rings. The lowest BCUT2D eigenvalue weighted by Crippen LogP contribution is -2.41. The summed E-state index contributed by atoms with van der Waals surface area (Å²) >= 11 is 0. The van der Waals surface area contributed by atoms with E-state index in [4.69, 9.17) is 4.74 Å². The number of hydrogen-bond donors (Lipinski definition) is 0. The number of hydrogen-bond acceptors (Lipinski definition) is 7. The van der Waals surface area contributed by atoms with Gasteiger partial charge in [-0.15, -0.1) is 10.1 Å². The van der Waals surface area contributed by atoms with E-state index in [1.807, 2.05) is 0 Å². The smallest absolute Gasteiger partial charge is 0.430 e. The van der Waals surface area contributed by atoms with E-state index in [0.29, 0.717) is 6.08 Å². The van der Waals surface area contributed by atoms with Crippen molar-refractivity contribution >= 4 is 28.2 Å². The van der Waals surface area contributed by atoms with Crippen molar-refractivity contribution in [3.05, 3.63) is 38.9 Å². The molecule has 2 rings (SSSR count). The van der Waals surface area contributed by atoms with Crippen molar-refractivity contribution in [1.29, 1.82) is 0 Å². The van der Waals surface area contributed by atoms with Gasteiger partial charge in [-0.3, -0.25) is 4.79 Å². The molecule has 9 nitrogen and oxygen atoms in total. The lowest BCUT2D eigenvalue weighted by Gasteiger charge is -2.41. The maximum absolute atomic E-state index is 13.5. The van der Waals surface area contributed by atoms with Crippen molar-refractivity contribution in [3.63, 3.8) is 0 Å². The molecule has 36 heavy (non-hydrogen) atoms. The lowest BCUT2D eigenvalue weighted by molar-refractivity contribution is -0.757. The van der Waals surface area contributed by atoms with E-state index in [1.54, 1.807) is 0 Å². The van der Waals surface area contributed by atoms with E-state index in [9.17, 15) is 52.3 Å². The van der Waals surface area contributed by atoms with Gasteiger partial charge in [0.05, 0.1) is 12.1 Å². The van der Waals surface area contributed by atoms with Crippen LogP contribution in [-0.4, -0.2) is 60.4 Å². The highest BCUT2D eigenvalue weighted by Gasteiger charge is 2.65. The van der Waals surface area contributed by atoms with Crippen LogP contribution in [0.25, 0.3) is 6.08 Å². The number of amides is 1. The Bertz CT molecular complexity index is 1110. The number of carbonyl (C=O) groups excluding carboxylic acids is 2. The monoisotopic (exact) mass is 558 g/mol. The Morgan fingerprint density at radius 3 is 2.22 bits per heavy atom. The largest absolute Gasteiger partial charge is 0.475 e. The Kier molecular flexibility index (Phi) is 7.21. The van der Waals surface area contributed by atoms with Gasteiger partial charge in [0.2, 0.25) is 12.0 Å². The Hall–Kier alpha value is -3.31. The van der Waals surface area contributed by atoms with Gasteiger partial charge in [0.15, 0.2) is 0 Å². The standard InChI is InChI=1S/C18H18F8N2O7S/c1-10-7-13(36(22,23,24,25)26)8-12-9-14(16(18(19,20)21)35-15(10)12)17(30)33-5-3-27(11(2)29)4-6-34-28(31)32/h7-9,16H,3-6H2,1-2H3/t16-/m0/s1. The van der Waals surface area contributed by atoms with E-state index in [1.165, 1.54) is 0 Å². The average Bonchev–Trinajstić information content (AvgIpc) is 2.68. The molecule has 0 bridgehead atoms. The Morgan fingerprint density at radius 1 is 1.14 bits per heavy atom. The van der Waals surface area contributed by atoms with Crippen molar-refractivity contribution in [2.24, 2.45) is 0 Å². The van der Waals surface area contributed by atoms with Crippen LogP contribution in [0.1, 0.15) is 18.1 Å². The fourth-order valence-corrected chi connectivity index (χ4v) is 3.82. The van der Waals surface area contributed by atoms with Crippen molar-refractivity contribution in [2.75, 3.05) is 26.3 Å². The molecule has 1 amide bonds. The van der Waals surface area contributed by atoms with E-state index in [0.717, 1.165) is 18.7 Å². The number of aryl methyl sites for hydroxylation is 1. The van der Waals surface area contributed by atoms with Gasteiger partial charge in [0, 0.05) is 19.0 Å². The molecule has 1 aliphatic heterocycles. The number of halogens is 8. The molecular formula is C18H18F8N2O7S. The predicted molar refractivity (Wildman–Crippen MR) is 107 cm³/mol. The van der Waals surface area contributed by atoms with Crippen LogP contribution < -0.4 is 4.74 Å². The first kappa shape index (κ1) is 28.9. The Balaban J connectivity index is 2.32. The highest BCUT2D eigenvalue weighted by atomic mass is 32.5. The summed E-state index contributed by atoms with van der Waals surface area (Å²) in [5, 5.41) is 9.03. The second-order valence-corrected chi connectivity index (χ2v) is 9.87. The summed E-state index contributed by atoms with van der Waals surface area (Å²) in [6.45, 7) is -0.182. The summed E-state index contributed by atoms with van der Waals surface area (Å²) in [7, 11) is -10.2. The fraction of sp³-hybridized carbons (Fsp3) is 0.444. The topological polar surface area (TPSA) is 108 Å². The zero-order valence-corrected chi connectivity index (χ0v) is 19.1. The Morgan fingerprint density at radius 2 is 1.72 bits per heavy atom. The lowest BCUT2D eigenvalue weighted by atomic mass is 9.99. The third-order valence-corrected chi connectivity index (χ3v) is 5.81. The van der Waals surface area contributed by atoms with Gasteiger partial charge in [0.1, 0.15) is 23.9 Å². The molecule has 0 N–H and O–H groups in total. The predicted octanol–water partition coefficient (Wildman–Crippen LogP) is 4.96. The van der Waals surface area contributed by atoms with E-state index >= 15 is 0 Å². The van der Waals surface area contributed by atoms with Crippen LogP contribution in [0, 0.1) is 17.0 Å². The summed E-state index contributed by atoms with van der Waals surface area (Å²) in [6.07, 6.45) is -7.93. The van der Waals surface area contributed by atoms with Crippen LogP contribution in [0.3, 0.4) is 0 Å². The number of carbonyl (C=O) groups is 2. The molecule has 0 spiro atoms. The van der Waals surface area contributed by atoms with Gasteiger partial charge in [0.25, 0.3) is 5.09 Å². The minimum Gasteiger partial charge on any atom is -0.475 e. The molecule has 0 fully saturated rings. The first-order valence-electron chi connectivity index (χ1n) is 9.64. The molecule has 18 heteroatoms. The van der Waals surface area contributed by atoms with E-state index in [-0.39, 0.29) is 18.7 Å². The van der Waals surface area contributed by atoms with Gasteiger partial charge in [-0.05, 0) is 30.7 Å². The SMILES string of the molecule is CC(=O)N(CCOC(=O)C1=Cc2cc(S(F)(F)(F)(F)F)cc(C)c2O[C@@H]1C(F)(F)F)CCO[N+](=O)[O-]. The molecule has 0 aliphatic carbocycles. The summed E-state index contributed by atoms with van der Waals surface area (Å²) < 4.78 is 116. The number of nitrogens with zero attached hydrogens (tertiary/aromatic N) is 2. The molecule has 0 saturated heterocycles. The van der Waals surface area contributed by atoms with Gasteiger partial charge in [-0.2, -0.15) is 13.2 Å². The third-order valence-electron chi connectivity index (χ3n) is 4.68. The second kappa shape index (κ2) is 8.97. The number of benzene rings is 1. The van der Waals surface area contributed by atoms with Gasteiger partial charge >= 0.3 is 22.4 Å². The minimum absolute atomic E-state index is 0.0516. The van der Waals surface area contributed by atoms with Crippen LogP contribution in [0.15, 0.2) is 22.6 Å². The van der Waals surface area contributed by atoms with E-state index < -0.39 is 86.6 Å². The fourth-order valence-electron chi connectivity index (χ4n) is 3.08. The summed E-state index contributed by atoms with van der Waals surface area (Å²) in [6, 6.07) is -0.180. The molecular weight excluding hydrogens is 540 g/mol. The third kappa shape index (κ3) is 7.34. The Labute approximate surface area is 197 Å². The summed E-state index contributed by atoms with van der Waals surface area (Å²) in [5.41, 5.74) is -2.85. The molecule has 0 unspecified atom stereocenters. The van der Waals surface area contributed by atoms with E-state index in [2.05, 4.69) is 9.57 Å². The van der Waals surface area contributed by atoms with Crippen molar-refractivity contribution < 1.29 is 61.6 Å². The molecule has 0 saturated carbocycles. The number of rotatable bonds is 9. The molecule has 1 aromatic carbocycles. The minimum atomic E-state index is -10.2. The maximum atomic E-state index is 13.5. The second-order valence-electron chi connectivity index (χ2n) is 7.47. The zero-order valence-electron chi connectivity index (χ0n) is 18.3. The normalized spacial score (nSPS) is 17.5. The first-order chi connectivity index (χ1) is 16.1. The highest BCUT2D eigenvalue weighted by Crippen LogP contribution is 3.02. The van der Waals surface area contributed by atoms with Gasteiger partial charge in [-0.25, -0.2) is 4.79 Å². The van der Waals surface area contributed by atoms with Crippen LogP contribution in [0.4, 0.5) is 32.6 Å². The maximum Gasteiger partial charge on any atom is 0.430 e. The molecule has 1 aromatic rings. The molecule has 204 valence electrons. The molecule has 1 atom stereocenters.